The minimum absolute atomic E-state index is 0.251. The molecule has 0 aromatic heterocycles. The third kappa shape index (κ3) is 2.62. The van der Waals surface area contributed by atoms with Gasteiger partial charge in [-0.15, -0.1) is 11.8 Å². The summed E-state index contributed by atoms with van der Waals surface area (Å²) in [6.45, 7) is 2.40. The van der Waals surface area contributed by atoms with Crippen molar-refractivity contribution in [2.75, 3.05) is 13.2 Å². The van der Waals surface area contributed by atoms with E-state index in [2.05, 4.69) is 5.32 Å². The van der Waals surface area contributed by atoms with Gasteiger partial charge in [0.1, 0.15) is 17.2 Å². The number of nitrogens with zero attached hydrogens (tertiary/aromatic N) is 1. The molecule has 0 radical (unpaired) electrons. The second kappa shape index (κ2) is 6.48. The number of benzene rings is 1. The van der Waals surface area contributed by atoms with Crippen molar-refractivity contribution in [3.8, 4) is 5.75 Å². The Balaban J connectivity index is 1.67. The molecule has 26 heavy (non-hydrogen) atoms. The summed E-state index contributed by atoms with van der Waals surface area (Å²) in [5.74, 6) is -1.71. The number of hydrogen-bond acceptors (Lipinski definition) is 6. The molecule has 0 aliphatic carbocycles. The predicted molar refractivity (Wildman–Crippen MR) is 93.6 cm³/mol. The summed E-state index contributed by atoms with van der Waals surface area (Å²) >= 11 is 1.25. The van der Waals surface area contributed by atoms with E-state index >= 15 is 0 Å². The summed E-state index contributed by atoms with van der Waals surface area (Å²) in [5, 5.41) is 21.4. The molecule has 3 N–H and O–H groups in total. The van der Waals surface area contributed by atoms with Crippen LogP contribution in [0.25, 0.3) is 0 Å². The van der Waals surface area contributed by atoms with Crippen molar-refractivity contribution in [3.05, 3.63) is 30.3 Å². The molecule has 140 valence electrons. The van der Waals surface area contributed by atoms with Gasteiger partial charge < -0.3 is 25.2 Å². The maximum atomic E-state index is 12.5. The zero-order valence-electron chi connectivity index (χ0n) is 14.3. The number of carbonyl (C=O) groups is 3. The first-order valence-electron chi connectivity index (χ1n) is 8.07. The fraction of sp³-hybridized carbons (Fsp3) is 0.471. The van der Waals surface area contributed by atoms with Crippen LogP contribution in [0.5, 0.6) is 5.75 Å². The molecule has 1 aromatic carbocycles. The van der Waals surface area contributed by atoms with Crippen molar-refractivity contribution in [1.82, 2.24) is 10.2 Å². The van der Waals surface area contributed by atoms with E-state index in [1.165, 1.54) is 16.7 Å². The number of aliphatic carboxylic acids is 1. The van der Waals surface area contributed by atoms with Gasteiger partial charge >= 0.3 is 5.97 Å². The first-order valence-corrected chi connectivity index (χ1v) is 8.95. The van der Waals surface area contributed by atoms with E-state index in [1.807, 2.05) is 6.07 Å². The second-order valence-electron chi connectivity index (χ2n) is 6.70. The van der Waals surface area contributed by atoms with Crippen LogP contribution in [-0.2, 0) is 14.4 Å². The number of thioether (sulfide) groups is 1. The minimum Gasteiger partial charge on any atom is -0.484 e. The topological polar surface area (TPSA) is 116 Å². The maximum absolute atomic E-state index is 12.5. The summed E-state index contributed by atoms with van der Waals surface area (Å²) in [7, 11) is 0. The highest BCUT2D eigenvalue weighted by molar-refractivity contribution is 8.01. The number of hydrogen-bond donors (Lipinski definition) is 3. The largest absolute Gasteiger partial charge is 0.484 e. The van der Waals surface area contributed by atoms with Crippen molar-refractivity contribution in [2.45, 2.75) is 35.5 Å². The highest BCUT2D eigenvalue weighted by atomic mass is 32.2. The molecule has 3 atom stereocenters. The smallest absolute Gasteiger partial charge is 0.333 e. The van der Waals surface area contributed by atoms with Crippen molar-refractivity contribution >= 4 is 29.5 Å². The van der Waals surface area contributed by atoms with E-state index in [0.717, 1.165) is 0 Å². The maximum Gasteiger partial charge on any atom is 0.333 e. The number of rotatable bonds is 6. The number of para-hydroxylation sites is 1. The van der Waals surface area contributed by atoms with Crippen LogP contribution in [0.2, 0.25) is 0 Å². The highest BCUT2D eigenvalue weighted by Gasteiger charge is 2.72. The highest BCUT2D eigenvalue weighted by Crippen LogP contribution is 2.56. The Bertz CT molecular complexity index is 740. The quantitative estimate of drug-likeness (QED) is 0.598. The molecule has 0 bridgehead atoms. The third-order valence-corrected chi connectivity index (χ3v) is 6.53. The number of ether oxygens (including phenoxy) is 1. The van der Waals surface area contributed by atoms with Crippen LogP contribution in [-0.4, -0.2) is 67.8 Å². The van der Waals surface area contributed by atoms with Gasteiger partial charge in [0.15, 0.2) is 12.1 Å². The van der Waals surface area contributed by atoms with Crippen LogP contribution in [0.1, 0.15) is 13.8 Å². The van der Waals surface area contributed by atoms with Crippen LogP contribution in [0.15, 0.2) is 30.3 Å². The van der Waals surface area contributed by atoms with Crippen LogP contribution >= 0.6 is 11.8 Å². The average molecular weight is 380 g/mol. The van der Waals surface area contributed by atoms with Gasteiger partial charge in [-0.2, -0.15) is 0 Å². The molecular weight excluding hydrogens is 360 g/mol. The predicted octanol–water partition coefficient (Wildman–Crippen LogP) is 0.0596. The number of carbonyl (C=O) groups excluding carboxylic acids is 2. The average Bonchev–Trinajstić information content (AvgIpc) is 2.83. The molecule has 2 aliphatic heterocycles. The summed E-state index contributed by atoms with van der Waals surface area (Å²) in [6, 6.07) is 7.96. The number of nitrogens with one attached hydrogen (secondary N) is 1. The van der Waals surface area contributed by atoms with Gasteiger partial charge in [0.2, 0.25) is 5.91 Å². The summed E-state index contributed by atoms with van der Waals surface area (Å²) in [5.41, 5.74) is -1.71. The Labute approximate surface area is 154 Å². The molecule has 1 aromatic rings. The lowest BCUT2D eigenvalue weighted by molar-refractivity contribution is -0.175. The molecule has 2 fully saturated rings. The fourth-order valence-corrected chi connectivity index (χ4v) is 5.15. The first-order chi connectivity index (χ1) is 12.2. The summed E-state index contributed by atoms with van der Waals surface area (Å²) in [6.07, 6.45) is 0. The lowest BCUT2D eigenvalue weighted by Gasteiger charge is -2.49. The van der Waals surface area contributed by atoms with Crippen LogP contribution in [0.4, 0.5) is 0 Å². The molecule has 2 heterocycles. The Morgan fingerprint density at radius 1 is 1.31 bits per heavy atom. The van der Waals surface area contributed by atoms with Gasteiger partial charge in [-0.3, -0.25) is 9.59 Å². The lowest BCUT2D eigenvalue weighted by atomic mass is 9.81. The van der Waals surface area contributed by atoms with E-state index < -0.39 is 46.1 Å². The Hall–Kier alpha value is -2.26. The van der Waals surface area contributed by atoms with Gasteiger partial charge in [-0.05, 0) is 26.0 Å². The van der Waals surface area contributed by atoms with E-state index in [1.54, 1.807) is 38.1 Å². The molecule has 3 rings (SSSR count). The summed E-state index contributed by atoms with van der Waals surface area (Å²) in [4.78, 5) is 37.6. The van der Waals surface area contributed by atoms with Gasteiger partial charge in [0.05, 0.1) is 6.61 Å². The lowest BCUT2D eigenvalue weighted by Crippen LogP contribution is -2.76. The van der Waals surface area contributed by atoms with Crippen molar-refractivity contribution in [1.29, 1.82) is 0 Å². The van der Waals surface area contributed by atoms with E-state index in [-0.39, 0.29) is 6.61 Å². The first kappa shape index (κ1) is 18.5. The standard InChI is InChI=1S/C17H20N2O6S/c1-16(2)17(9-20,15(23)24)19-13(22)12(14(19)26-16)18-11(21)8-25-10-6-4-3-5-7-10/h3-7,12,14,20H,8-9H2,1-2H3,(H,18,21)(H,23,24)/t12-,14-,17+/m1/s1. The molecular formula is C17H20N2O6S. The number of amides is 2. The van der Waals surface area contributed by atoms with Crippen LogP contribution < -0.4 is 10.1 Å². The second-order valence-corrected chi connectivity index (χ2v) is 8.44. The van der Waals surface area contributed by atoms with Crippen molar-refractivity contribution in [3.63, 3.8) is 0 Å². The Morgan fingerprint density at radius 3 is 2.54 bits per heavy atom. The van der Waals surface area contributed by atoms with Crippen molar-refractivity contribution in [2.24, 2.45) is 0 Å². The molecule has 0 saturated carbocycles. The molecule has 9 heteroatoms. The summed E-state index contributed by atoms with van der Waals surface area (Å²) < 4.78 is 4.44. The number of carboxylic acid groups (broad SMARTS) is 1. The Morgan fingerprint density at radius 2 is 1.96 bits per heavy atom. The molecule has 2 amide bonds. The van der Waals surface area contributed by atoms with Crippen LogP contribution in [0, 0.1) is 0 Å². The van der Waals surface area contributed by atoms with Crippen LogP contribution in [0.3, 0.4) is 0 Å². The van der Waals surface area contributed by atoms with E-state index in [0.29, 0.717) is 5.75 Å². The zero-order chi connectivity index (χ0) is 19.1. The van der Waals surface area contributed by atoms with Gasteiger partial charge in [-0.25, -0.2) is 4.79 Å². The van der Waals surface area contributed by atoms with E-state index in [4.69, 9.17) is 4.74 Å². The van der Waals surface area contributed by atoms with Gasteiger partial charge in [-0.1, -0.05) is 18.2 Å². The van der Waals surface area contributed by atoms with Gasteiger partial charge in [0.25, 0.3) is 5.91 Å². The third-order valence-electron chi connectivity index (χ3n) is 4.88. The van der Waals surface area contributed by atoms with E-state index in [9.17, 15) is 24.6 Å². The minimum atomic E-state index is -1.71. The number of aliphatic hydroxyl groups is 1. The SMILES string of the molecule is CC1(C)S[C@@H]2[C@H](NC(=O)COc3ccccc3)C(=O)N2[C@@]1(CO)C(=O)O. The zero-order valence-corrected chi connectivity index (χ0v) is 15.2. The monoisotopic (exact) mass is 380 g/mol. The van der Waals surface area contributed by atoms with Gasteiger partial charge in [0, 0.05) is 4.75 Å². The normalized spacial score (nSPS) is 28.9. The number of β-lactam (4-membered cyclic amide) rings is 1. The molecule has 2 saturated heterocycles. The molecule has 0 unspecified atom stereocenters. The molecule has 2 aliphatic rings. The molecule has 8 nitrogen and oxygen atoms in total. The van der Waals surface area contributed by atoms with Crippen molar-refractivity contribution < 1.29 is 29.3 Å². The fourth-order valence-electron chi connectivity index (χ4n) is 3.39. The number of aliphatic hydroxyl groups excluding tert-OH is 1. The number of fused-ring (bicyclic) bond motifs is 1. The Kier molecular flexibility index (Phi) is 4.61. The molecule has 0 spiro atoms. The number of carboxylic acids is 1.